The van der Waals surface area contributed by atoms with E-state index in [-0.39, 0.29) is 4.90 Å². The first kappa shape index (κ1) is 15.3. The fraction of sp³-hybridized carbons (Fsp3) is 0.0769. The number of anilines is 1. The van der Waals surface area contributed by atoms with E-state index in [9.17, 15) is 8.42 Å². The third kappa shape index (κ3) is 3.74. The molecule has 4 nitrogen and oxygen atoms in total. The quantitative estimate of drug-likeness (QED) is 0.812. The standard InChI is InChI=1S/C13H11Br2NO3S/c1-19-12-7-10(15)6-11(8-12)16-20(17,18)13-4-2-9(14)3-5-13/h2-8,16H,1H3. The zero-order valence-corrected chi connectivity index (χ0v) is 14.4. The van der Waals surface area contributed by atoms with Crippen molar-refractivity contribution in [1.29, 1.82) is 0 Å². The highest BCUT2D eigenvalue weighted by Crippen LogP contribution is 2.26. The molecule has 0 aromatic heterocycles. The summed E-state index contributed by atoms with van der Waals surface area (Å²) in [4.78, 5) is 0.194. The number of methoxy groups -OCH3 is 1. The van der Waals surface area contributed by atoms with Crippen molar-refractivity contribution >= 4 is 47.6 Å². The smallest absolute Gasteiger partial charge is 0.261 e. The second-order valence-electron chi connectivity index (χ2n) is 3.94. The van der Waals surface area contributed by atoms with E-state index in [2.05, 4.69) is 36.6 Å². The van der Waals surface area contributed by atoms with E-state index in [1.54, 1.807) is 30.3 Å². The summed E-state index contributed by atoms with van der Waals surface area (Å²) in [6, 6.07) is 11.4. The molecule has 0 saturated carbocycles. The van der Waals surface area contributed by atoms with E-state index in [0.29, 0.717) is 11.4 Å². The number of benzene rings is 2. The number of hydrogen-bond acceptors (Lipinski definition) is 3. The van der Waals surface area contributed by atoms with Crippen molar-refractivity contribution in [2.75, 3.05) is 11.8 Å². The van der Waals surface area contributed by atoms with Crippen molar-refractivity contribution < 1.29 is 13.2 Å². The molecule has 0 unspecified atom stereocenters. The second kappa shape index (κ2) is 6.15. The Bertz CT molecular complexity index is 715. The molecule has 1 N–H and O–H groups in total. The van der Waals surface area contributed by atoms with Gasteiger partial charge in [0.05, 0.1) is 17.7 Å². The number of rotatable bonds is 4. The summed E-state index contributed by atoms with van der Waals surface area (Å²) < 4.78 is 33.6. The van der Waals surface area contributed by atoms with Crippen LogP contribution < -0.4 is 9.46 Å². The highest BCUT2D eigenvalue weighted by atomic mass is 79.9. The summed E-state index contributed by atoms with van der Waals surface area (Å²) in [7, 11) is -2.10. The van der Waals surface area contributed by atoms with Crippen molar-refractivity contribution in [2.24, 2.45) is 0 Å². The minimum absolute atomic E-state index is 0.194. The first-order valence-electron chi connectivity index (χ1n) is 5.54. The van der Waals surface area contributed by atoms with Crippen molar-refractivity contribution in [3.05, 3.63) is 51.4 Å². The minimum Gasteiger partial charge on any atom is -0.497 e. The molecule has 2 aromatic carbocycles. The van der Waals surface area contributed by atoms with E-state index < -0.39 is 10.0 Å². The number of sulfonamides is 1. The van der Waals surface area contributed by atoms with Crippen LogP contribution in [0.4, 0.5) is 5.69 Å². The SMILES string of the molecule is COc1cc(Br)cc(NS(=O)(=O)c2ccc(Br)cc2)c1. The van der Waals surface area contributed by atoms with Gasteiger partial charge in [-0.1, -0.05) is 31.9 Å². The molecule has 0 saturated heterocycles. The molecular weight excluding hydrogens is 410 g/mol. The summed E-state index contributed by atoms with van der Waals surface area (Å²) >= 11 is 6.58. The summed E-state index contributed by atoms with van der Waals surface area (Å²) in [5, 5.41) is 0. The number of nitrogens with one attached hydrogen (secondary N) is 1. The van der Waals surface area contributed by atoms with Gasteiger partial charge in [-0.25, -0.2) is 8.42 Å². The highest BCUT2D eigenvalue weighted by molar-refractivity contribution is 9.10. The predicted molar refractivity (Wildman–Crippen MR) is 85.6 cm³/mol. The van der Waals surface area contributed by atoms with Gasteiger partial charge in [-0.05, 0) is 36.4 Å². The summed E-state index contributed by atoms with van der Waals surface area (Å²) in [5.41, 5.74) is 0.430. The third-order valence-electron chi connectivity index (χ3n) is 2.48. The van der Waals surface area contributed by atoms with Crippen LogP contribution in [0.25, 0.3) is 0 Å². The molecule has 0 aliphatic rings. The Morgan fingerprint density at radius 2 is 1.65 bits per heavy atom. The molecule has 0 fully saturated rings. The minimum atomic E-state index is -3.62. The Hall–Kier alpha value is -1.05. The van der Waals surface area contributed by atoms with Crippen LogP contribution in [0, 0.1) is 0 Å². The normalized spacial score (nSPS) is 11.2. The molecule has 0 atom stereocenters. The van der Waals surface area contributed by atoms with Gasteiger partial charge in [0.15, 0.2) is 0 Å². The van der Waals surface area contributed by atoms with Crippen molar-refractivity contribution in [1.82, 2.24) is 0 Å². The molecular formula is C13H11Br2NO3S. The maximum Gasteiger partial charge on any atom is 0.261 e. The Kier molecular flexibility index (Phi) is 4.72. The molecule has 2 aromatic rings. The zero-order valence-electron chi connectivity index (χ0n) is 10.4. The molecule has 0 aliphatic carbocycles. The van der Waals surface area contributed by atoms with Crippen LogP contribution in [0.5, 0.6) is 5.75 Å². The van der Waals surface area contributed by atoms with Gasteiger partial charge >= 0.3 is 0 Å². The molecule has 0 aliphatic heterocycles. The number of ether oxygens (including phenoxy) is 1. The first-order chi connectivity index (χ1) is 9.40. The molecule has 0 heterocycles. The molecule has 0 radical (unpaired) electrons. The maximum atomic E-state index is 12.2. The Labute approximate surface area is 134 Å². The van der Waals surface area contributed by atoms with Gasteiger partial charge in [0, 0.05) is 15.0 Å². The zero-order chi connectivity index (χ0) is 14.8. The largest absolute Gasteiger partial charge is 0.497 e. The summed E-state index contributed by atoms with van der Waals surface area (Å²) in [5.74, 6) is 0.563. The van der Waals surface area contributed by atoms with Crippen LogP contribution in [0.15, 0.2) is 56.3 Å². The van der Waals surface area contributed by atoms with E-state index >= 15 is 0 Å². The monoisotopic (exact) mass is 419 g/mol. The maximum absolute atomic E-state index is 12.2. The molecule has 0 bridgehead atoms. The Balaban J connectivity index is 2.33. The van der Waals surface area contributed by atoms with Crippen LogP contribution in [0.1, 0.15) is 0 Å². The van der Waals surface area contributed by atoms with Gasteiger partial charge in [-0.15, -0.1) is 0 Å². The van der Waals surface area contributed by atoms with Gasteiger partial charge in [-0.2, -0.15) is 0 Å². The topological polar surface area (TPSA) is 55.4 Å². The van der Waals surface area contributed by atoms with Crippen molar-refractivity contribution in [3.63, 3.8) is 0 Å². The Morgan fingerprint density at radius 3 is 2.25 bits per heavy atom. The summed E-state index contributed by atoms with van der Waals surface area (Å²) in [6.07, 6.45) is 0. The lowest BCUT2D eigenvalue weighted by Crippen LogP contribution is -2.12. The molecule has 20 heavy (non-hydrogen) atoms. The van der Waals surface area contributed by atoms with Crippen molar-refractivity contribution in [2.45, 2.75) is 4.90 Å². The average Bonchev–Trinajstić information content (AvgIpc) is 2.37. The van der Waals surface area contributed by atoms with Gasteiger partial charge < -0.3 is 4.74 Å². The fourth-order valence-corrected chi connectivity index (χ4v) is 3.34. The van der Waals surface area contributed by atoms with Crippen LogP contribution in [-0.4, -0.2) is 15.5 Å². The molecule has 0 spiro atoms. The van der Waals surface area contributed by atoms with Crippen LogP contribution >= 0.6 is 31.9 Å². The second-order valence-corrected chi connectivity index (χ2v) is 7.45. The van der Waals surface area contributed by atoms with Crippen LogP contribution in [-0.2, 0) is 10.0 Å². The number of hydrogen-bond donors (Lipinski definition) is 1. The lowest BCUT2D eigenvalue weighted by Gasteiger charge is -2.10. The Morgan fingerprint density at radius 1 is 1.00 bits per heavy atom. The van der Waals surface area contributed by atoms with E-state index in [1.807, 2.05) is 0 Å². The molecule has 7 heteroatoms. The van der Waals surface area contributed by atoms with Crippen molar-refractivity contribution in [3.8, 4) is 5.75 Å². The van der Waals surface area contributed by atoms with Crippen LogP contribution in [0.3, 0.4) is 0 Å². The molecule has 0 amide bonds. The lowest BCUT2D eigenvalue weighted by atomic mass is 10.3. The predicted octanol–water partition coefficient (Wildman–Crippen LogP) is 4.02. The average molecular weight is 421 g/mol. The van der Waals surface area contributed by atoms with E-state index in [1.165, 1.54) is 19.2 Å². The van der Waals surface area contributed by atoms with Gasteiger partial charge in [-0.3, -0.25) is 4.72 Å². The van der Waals surface area contributed by atoms with E-state index in [0.717, 1.165) is 8.95 Å². The molecule has 2 rings (SSSR count). The first-order valence-corrected chi connectivity index (χ1v) is 8.60. The van der Waals surface area contributed by atoms with Gasteiger partial charge in [0.25, 0.3) is 10.0 Å². The van der Waals surface area contributed by atoms with Crippen LogP contribution in [0.2, 0.25) is 0 Å². The highest BCUT2D eigenvalue weighted by Gasteiger charge is 2.14. The number of halogens is 2. The van der Waals surface area contributed by atoms with Gasteiger partial charge in [0.2, 0.25) is 0 Å². The third-order valence-corrected chi connectivity index (χ3v) is 4.87. The fourth-order valence-electron chi connectivity index (χ4n) is 1.57. The molecule has 106 valence electrons. The van der Waals surface area contributed by atoms with Gasteiger partial charge in [0.1, 0.15) is 5.75 Å². The van der Waals surface area contributed by atoms with E-state index in [4.69, 9.17) is 4.74 Å². The summed E-state index contributed by atoms with van der Waals surface area (Å²) in [6.45, 7) is 0. The lowest BCUT2D eigenvalue weighted by molar-refractivity contribution is 0.415.